The number of hydrogen-bond donors (Lipinski definition) is 0. The average Bonchev–Trinajstić information content (AvgIpc) is 2.49. The highest BCUT2D eigenvalue weighted by Crippen LogP contribution is 2.31. The van der Waals surface area contributed by atoms with Crippen molar-refractivity contribution in [3.63, 3.8) is 0 Å². The molecule has 1 atom stereocenters. The van der Waals surface area contributed by atoms with Gasteiger partial charge in [0.05, 0.1) is 9.85 Å². The molecule has 1 rings (SSSR count). The van der Waals surface area contributed by atoms with Crippen LogP contribution in [0, 0.1) is 20.2 Å². The molecule has 0 saturated heterocycles. The molecular formula is C13H13FN2O6. The third-order valence-corrected chi connectivity index (χ3v) is 2.95. The Labute approximate surface area is 124 Å². The van der Waals surface area contributed by atoms with E-state index in [1.165, 1.54) is 0 Å². The van der Waals surface area contributed by atoms with Crippen LogP contribution in [0.25, 0.3) is 0 Å². The predicted molar refractivity (Wildman–Crippen MR) is 73.5 cm³/mol. The zero-order chi connectivity index (χ0) is 16.9. The molecule has 22 heavy (non-hydrogen) atoms. The van der Waals surface area contributed by atoms with E-state index in [1.54, 1.807) is 6.92 Å². The summed E-state index contributed by atoms with van der Waals surface area (Å²) >= 11 is 0. The monoisotopic (exact) mass is 312 g/mol. The highest BCUT2D eigenvalue weighted by atomic mass is 19.1. The van der Waals surface area contributed by atoms with Crippen LogP contribution in [0.5, 0.6) is 0 Å². The smallest absolute Gasteiger partial charge is 0.296 e. The Morgan fingerprint density at radius 2 is 1.86 bits per heavy atom. The molecule has 9 heteroatoms. The van der Waals surface area contributed by atoms with Gasteiger partial charge < -0.3 is 0 Å². The van der Waals surface area contributed by atoms with Crippen molar-refractivity contribution in [2.24, 2.45) is 0 Å². The predicted octanol–water partition coefficient (Wildman–Crippen LogP) is 2.78. The van der Waals surface area contributed by atoms with Gasteiger partial charge in [0.2, 0.25) is 12.0 Å². The number of benzene rings is 1. The summed E-state index contributed by atoms with van der Waals surface area (Å²) in [4.78, 5) is 43.0. The molecule has 0 heterocycles. The summed E-state index contributed by atoms with van der Waals surface area (Å²) in [6.07, 6.45) is -1.74. The lowest BCUT2D eigenvalue weighted by Gasteiger charge is -2.07. The molecular weight excluding hydrogens is 299 g/mol. The number of halogens is 1. The third kappa shape index (κ3) is 3.68. The lowest BCUT2D eigenvalue weighted by Crippen LogP contribution is -2.26. The van der Waals surface area contributed by atoms with E-state index in [-0.39, 0.29) is 6.42 Å². The molecule has 0 radical (unpaired) electrons. The van der Waals surface area contributed by atoms with Crippen molar-refractivity contribution in [1.82, 2.24) is 0 Å². The summed E-state index contributed by atoms with van der Waals surface area (Å²) in [6, 6.07) is 2.76. The van der Waals surface area contributed by atoms with Gasteiger partial charge in [-0.2, -0.15) is 0 Å². The number of nitro benzene ring substituents is 2. The van der Waals surface area contributed by atoms with Crippen molar-refractivity contribution in [2.75, 3.05) is 0 Å². The Kier molecular flexibility index (Phi) is 5.79. The van der Waals surface area contributed by atoms with Crippen LogP contribution in [0.2, 0.25) is 0 Å². The molecule has 0 aliphatic carbocycles. The van der Waals surface area contributed by atoms with Crippen molar-refractivity contribution in [3.05, 3.63) is 44.0 Å². The van der Waals surface area contributed by atoms with Gasteiger partial charge in [-0.1, -0.05) is 19.4 Å². The van der Waals surface area contributed by atoms with Crippen molar-refractivity contribution in [1.29, 1.82) is 0 Å². The van der Waals surface area contributed by atoms with Crippen molar-refractivity contribution in [3.8, 4) is 0 Å². The van der Waals surface area contributed by atoms with Crippen LogP contribution < -0.4 is 0 Å². The van der Waals surface area contributed by atoms with Gasteiger partial charge in [0.1, 0.15) is 5.56 Å². The van der Waals surface area contributed by atoms with E-state index in [9.17, 15) is 34.2 Å². The van der Waals surface area contributed by atoms with E-state index in [2.05, 4.69) is 0 Å². The van der Waals surface area contributed by atoms with E-state index in [0.29, 0.717) is 12.8 Å². The first-order valence-electron chi connectivity index (χ1n) is 6.44. The number of rotatable bonds is 8. The van der Waals surface area contributed by atoms with Crippen LogP contribution in [-0.2, 0) is 4.79 Å². The molecule has 1 aromatic rings. The largest absolute Gasteiger partial charge is 0.356 e. The molecule has 8 nitrogen and oxygen atoms in total. The summed E-state index contributed by atoms with van der Waals surface area (Å²) in [7, 11) is 0. The molecule has 0 aromatic heterocycles. The number of unbranched alkanes of at least 4 members (excludes halogenated alkanes) is 1. The summed E-state index contributed by atoms with van der Waals surface area (Å²) in [6.45, 7) is 1.77. The molecule has 0 spiro atoms. The Hall–Kier alpha value is -2.71. The number of nitrogens with zero attached hydrogens (tertiary/aromatic N) is 2. The number of Topliss-reactive ketones (excluding diaryl/α,β-unsaturated/α-hetero) is 2. The second-order valence-electron chi connectivity index (χ2n) is 4.48. The fraction of sp³-hybridized carbons (Fsp3) is 0.385. The highest BCUT2D eigenvalue weighted by molar-refractivity contribution is 6.15. The molecule has 0 fully saturated rings. The van der Waals surface area contributed by atoms with Crippen LogP contribution in [0.1, 0.15) is 36.5 Å². The van der Waals surface area contributed by atoms with Gasteiger partial charge in [0.25, 0.3) is 0 Å². The number of ketones is 2. The minimum Gasteiger partial charge on any atom is -0.296 e. The van der Waals surface area contributed by atoms with Gasteiger partial charge in [-0.25, -0.2) is 4.39 Å². The molecule has 1 aromatic carbocycles. The van der Waals surface area contributed by atoms with Crippen molar-refractivity contribution in [2.45, 2.75) is 32.4 Å². The number of hydrogen-bond acceptors (Lipinski definition) is 6. The van der Waals surface area contributed by atoms with Crippen LogP contribution >= 0.6 is 0 Å². The SMILES string of the molecule is CCCCC(=O)C(F)C(=O)c1cccc([N+](=O)[O-])c1[N+](=O)[O-]. The molecule has 118 valence electrons. The molecule has 0 saturated carbocycles. The molecule has 0 aliphatic heterocycles. The summed E-state index contributed by atoms with van der Waals surface area (Å²) in [5.41, 5.74) is -2.82. The summed E-state index contributed by atoms with van der Waals surface area (Å²) in [5.74, 6) is -2.43. The van der Waals surface area contributed by atoms with Crippen molar-refractivity contribution < 1.29 is 23.8 Å². The average molecular weight is 312 g/mol. The maximum absolute atomic E-state index is 13.9. The van der Waals surface area contributed by atoms with Gasteiger partial charge in [0, 0.05) is 12.5 Å². The topological polar surface area (TPSA) is 120 Å². The Balaban J connectivity index is 3.23. The number of nitro groups is 2. The normalized spacial score (nSPS) is 11.7. The number of carbonyl (C=O) groups is 2. The number of carbonyl (C=O) groups excluding carboxylic acids is 2. The lowest BCUT2D eigenvalue weighted by atomic mass is 9.99. The Morgan fingerprint density at radius 3 is 2.36 bits per heavy atom. The summed E-state index contributed by atoms with van der Waals surface area (Å²) < 4.78 is 13.9. The van der Waals surface area contributed by atoms with E-state index in [4.69, 9.17) is 0 Å². The first-order chi connectivity index (χ1) is 10.3. The van der Waals surface area contributed by atoms with E-state index >= 15 is 0 Å². The Morgan fingerprint density at radius 1 is 1.23 bits per heavy atom. The van der Waals surface area contributed by atoms with Crippen LogP contribution in [0.3, 0.4) is 0 Å². The molecule has 0 bridgehead atoms. The van der Waals surface area contributed by atoms with Crippen LogP contribution in [0.4, 0.5) is 15.8 Å². The highest BCUT2D eigenvalue weighted by Gasteiger charge is 2.36. The lowest BCUT2D eigenvalue weighted by molar-refractivity contribution is -0.422. The number of para-hydroxylation sites is 1. The van der Waals surface area contributed by atoms with E-state index in [0.717, 1.165) is 18.2 Å². The maximum Gasteiger partial charge on any atom is 0.356 e. The quantitative estimate of drug-likeness (QED) is 0.315. The van der Waals surface area contributed by atoms with Gasteiger partial charge in [-0.05, 0) is 12.5 Å². The zero-order valence-corrected chi connectivity index (χ0v) is 11.7. The van der Waals surface area contributed by atoms with Gasteiger partial charge in [-0.3, -0.25) is 29.8 Å². The minimum absolute atomic E-state index is 0.174. The standard InChI is InChI=1S/C13H13FN2O6/c1-2-3-7-10(17)11(14)13(18)8-5-4-6-9(15(19)20)12(8)16(21)22/h4-6,11H,2-3,7H2,1H3. The fourth-order valence-corrected chi connectivity index (χ4v) is 1.83. The van der Waals surface area contributed by atoms with Crippen LogP contribution in [-0.4, -0.2) is 27.6 Å². The molecule has 0 aliphatic rings. The molecule has 0 N–H and O–H groups in total. The summed E-state index contributed by atoms with van der Waals surface area (Å²) in [5, 5.41) is 21.7. The zero-order valence-electron chi connectivity index (χ0n) is 11.7. The molecule has 0 amide bonds. The first kappa shape index (κ1) is 17.3. The fourth-order valence-electron chi connectivity index (χ4n) is 1.83. The van der Waals surface area contributed by atoms with Gasteiger partial charge in [-0.15, -0.1) is 0 Å². The second kappa shape index (κ2) is 7.34. The minimum atomic E-state index is -2.56. The van der Waals surface area contributed by atoms with Gasteiger partial charge in [0.15, 0.2) is 5.78 Å². The van der Waals surface area contributed by atoms with E-state index in [1.807, 2.05) is 0 Å². The van der Waals surface area contributed by atoms with Crippen LogP contribution in [0.15, 0.2) is 18.2 Å². The second-order valence-corrected chi connectivity index (χ2v) is 4.48. The van der Waals surface area contributed by atoms with Crippen molar-refractivity contribution >= 4 is 22.9 Å². The third-order valence-electron chi connectivity index (χ3n) is 2.95. The first-order valence-corrected chi connectivity index (χ1v) is 6.44. The van der Waals surface area contributed by atoms with Gasteiger partial charge >= 0.3 is 11.4 Å². The van der Waals surface area contributed by atoms with E-state index < -0.39 is 44.5 Å². The number of alkyl halides is 1. The Bertz CT molecular complexity index is 631. The maximum atomic E-state index is 13.9. The molecule has 1 unspecified atom stereocenters.